The lowest BCUT2D eigenvalue weighted by Crippen LogP contribution is -2.14. The van der Waals surface area contributed by atoms with Crippen molar-refractivity contribution in [2.24, 2.45) is 5.73 Å². The van der Waals surface area contributed by atoms with Crippen LogP contribution in [0, 0.1) is 20.8 Å². The van der Waals surface area contributed by atoms with Gasteiger partial charge in [0.05, 0.1) is 13.2 Å². The summed E-state index contributed by atoms with van der Waals surface area (Å²) < 4.78 is 6.50. The van der Waals surface area contributed by atoms with Gasteiger partial charge in [0.25, 0.3) is 0 Å². The van der Waals surface area contributed by atoms with Crippen LogP contribution in [0.4, 0.5) is 0 Å². The van der Waals surface area contributed by atoms with E-state index in [0.717, 1.165) is 32.5 Å². The average Bonchev–Trinajstić information content (AvgIpc) is 2.41. The number of hydrogen-bond acceptors (Lipinski definition) is 2. The molecule has 1 atom stereocenters. The molecule has 2 N–H and O–H groups in total. The highest BCUT2D eigenvalue weighted by atomic mass is 79.9. The maximum atomic E-state index is 6.45. The van der Waals surface area contributed by atoms with E-state index in [4.69, 9.17) is 10.5 Å². The van der Waals surface area contributed by atoms with Gasteiger partial charge in [-0.15, -0.1) is 0 Å². The number of hydrogen-bond donors (Lipinski definition) is 1. The molecule has 0 aliphatic carbocycles. The molecule has 0 bridgehead atoms. The Labute approximate surface area is 129 Å². The normalized spacial score (nSPS) is 12.3. The highest BCUT2D eigenvalue weighted by Gasteiger charge is 2.15. The molecule has 0 aliphatic heterocycles. The van der Waals surface area contributed by atoms with Gasteiger partial charge in [-0.2, -0.15) is 0 Å². The minimum absolute atomic E-state index is 0.129. The molecule has 0 heterocycles. The Balaban J connectivity index is 2.49. The van der Waals surface area contributed by atoms with Gasteiger partial charge in [-0.3, -0.25) is 0 Å². The van der Waals surface area contributed by atoms with Gasteiger partial charge in [-0.1, -0.05) is 40.2 Å². The van der Waals surface area contributed by atoms with Crippen LogP contribution in [0.25, 0.3) is 0 Å². The number of methoxy groups -OCH3 is 1. The van der Waals surface area contributed by atoms with Gasteiger partial charge in [-0.25, -0.2) is 0 Å². The summed E-state index contributed by atoms with van der Waals surface area (Å²) in [5.74, 6) is 0.937. The molecule has 0 fully saturated rings. The van der Waals surface area contributed by atoms with E-state index in [-0.39, 0.29) is 6.04 Å². The number of aryl methyl sites for hydroxylation is 2. The number of ether oxygens (including phenoxy) is 1. The first-order valence-electron chi connectivity index (χ1n) is 6.61. The summed E-state index contributed by atoms with van der Waals surface area (Å²) in [6, 6.07) is 10.2. The second-order valence-corrected chi connectivity index (χ2v) is 5.97. The Morgan fingerprint density at radius 1 is 1.10 bits per heavy atom. The Kier molecular flexibility index (Phi) is 4.51. The number of halogens is 1. The van der Waals surface area contributed by atoms with Crippen molar-refractivity contribution >= 4 is 15.9 Å². The van der Waals surface area contributed by atoms with Crippen LogP contribution in [0.3, 0.4) is 0 Å². The van der Waals surface area contributed by atoms with Crippen molar-refractivity contribution in [1.29, 1.82) is 0 Å². The third kappa shape index (κ3) is 2.74. The number of benzene rings is 2. The molecule has 0 amide bonds. The SMILES string of the molecule is COc1c(C)cc(C(N)c2cccc(Br)c2C)cc1C. The van der Waals surface area contributed by atoms with Gasteiger partial charge in [-0.05, 0) is 54.7 Å². The lowest BCUT2D eigenvalue weighted by Gasteiger charge is -2.19. The molecule has 0 spiro atoms. The average molecular weight is 334 g/mol. The standard InChI is InChI=1S/C17H20BrNO/c1-10-8-13(9-11(2)17(10)20-4)16(19)14-6-5-7-15(18)12(14)3/h5-9,16H,19H2,1-4H3. The molecule has 2 aromatic carbocycles. The number of nitrogens with two attached hydrogens (primary N) is 1. The van der Waals surface area contributed by atoms with Gasteiger partial charge in [0.1, 0.15) is 5.75 Å². The molecule has 0 radical (unpaired) electrons. The van der Waals surface area contributed by atoms with Gasteiger partial charge in [0, 0.05) is 4.47 Å². The van der Waals surface area contributed by atoms with Crippen molar-refractivity contribution in [3.63, 3.8) is 0 Å². The topological polar surface area (TPSA) is 35.2 Å². The van der Waals surface area contributed by atoms with E-state index in [2.05, 4.69) is 54.9 Å². The van der Waals surface area contributed by atoms with E-state index in [1.807, 2.05) is 12.1 Å². The molecule has 0 aliphatic rings. The second kappa shape index (κ2) is 5.98. The molecular weight excluding hydrogens is 314 g/mol. The lowest BCUT2D eigenvalue weighted by atomic mass is 9.93. The van der Waals surface area contributed by atoms with Crippen molar-refractivity contribution in [2.75, 3.05) is 7.11 Å². The largest absolute Gasteiger partial charge is 0.496 e. The van der Waals surface area contributed by atoms with Crippen LogP contribution in [-0.2, 0) is 0 Å². The fourth-order valence-electron chi connectivity index (χ4n) is 2.63. The minimum Gasteiger partial charge on any atom is -0.496 e. The highest BCUT2D eigenvalue weighted by Crippen LogP contribution is 2.31. The molecule has 106 valence electrons. The molecular formula is C17H20BrNO. The molecule has 3 heteroatoms. The first-order valence-corrected chi connectivity index (χ1v) is 7.40. The predicted molar refractivity (Wildman–Crippen MR) is 87.4 cm³/mol. The second-order valence-electron chi connectivity index (χ2n) is 5.12. The van der Waals surface area contributed by atoms with Gasteiger partial charge >= 0.3 is 0 Å². The third-order valence-electron chi connectivity index (χ3n) is 3.69. The Bertz CT molecular complexity index is 614. The van der Waals surface area contributed by atoms with E-state index < -0.39 is 0 Å². The quantitative estimate of drug-likeness (QED) is 0.901. The van der Waals surface area contributed by atoms with Crippen molar-refractivity contribution in [2.45, 2.75) is 26.8 Å². The Morgan fingerprint density at radius 2 is 1.70 bits per heavy atom. The van der Waals surface area contributed by atoms with Crippen LogP contribution in [-0.4, -0.2) is 7.11 Å². The zero-order valence-corrected chi connectivity index (χ0v) is 13.9. The zero-order valence-electron chi connectivity index (χ0n) is 12.3. The smallest absolute Gasteiger partial charge is 0.124 e. The summed E-state index contributed by atoms with van der Waals surface area (Å²) in [4.78, 5) is 0. The summed E-state index contributed by atoms with van der Waals surface area (Å²) in [6.45, 7) is 6.19. The van der Waals surface area contributed by atoms with Gasteiger partial charge < -0.3 is 10.5 Å². The molecule has 0 saturated heterocycles. The first-order chi connectivity index (χ1) is 9.45. The van der Waals surface area contributed by atoms with Crippen molar-refractivity contribution in [3.05, 3.63) is 62.6 Å². The van der Waals surface area contributed by atoms with E-state index in [1.54, 1.807) is 7.11 Å². The molecule has 2 aromatic rings. The van der Waals surface area contributed by atoms with E-state index >= 15 is 0 Å². The zero-order chi connectivity index (χ0) is 14.9. The van der Waals surface area contributed by atoms with Gasteiger partial charge in [0.15, 0.2) is 0 Å². The molecule has 0 saturated carbocycles. The molecule has 20 heavy (non-hydrogen) atoms. The van der Waals surface area contributed by atoms with Crippen LogP contribution in [0.1, 0.15) is 33.9 Å². The van der Waals surface area contributed by atoms with Crippen LogP contribution in [0.2, 0.25) is 0 Å². The lowest BCUT2D eigenvalue weighted by molar-refractivity contribution is 0.408. The van der Waals surface area contributed by atoms with E-state index in [9.17, 15) is 0 Å². The Morgan fingerprint density at radius 3 is 2.25 bits per heavy atom. The maximum Gasteiger partial charge on any atom is 0.124 e. The fourth-order valence-corrected chi connectivity index (χ4v) is 3.01. The van der Waals surface area contributed by atoms with E-state index in [1.165, 1.54) is 5.56 Å². The van der Waals surface area contributed by atoms with Gasteiger partial charge in [0.2, 0.25) is 0 Å². The van der Waals surface area contributed by atoms with Crippen molar-refractivity contribution in [1.82, 2.24) is 0 Å². The first kappa shape index (κ1) is 15.1. The number of rotatable bonds is 3. The van der Waals surface area contributed by atoms with Crippen molar-refractivity contribution < 1.29 is 4.74 Å². The molecule has 2 rings (SSSR count). The van der Waals surface area contributed by atoms with Crippen LogP contribution >= 0.6 is 15.9 Å². The minimum atomic E-state index is -0.129. The summed E-state index contributed by atoms with van der Waals surface area (Å²) >= 11 is 3.56. The predicted octanol–water partition coefficient (Wildman–Crippen LogP) is 4.43. The van der Waals surface area contributed by atoms with Crippen molar-refractivity contribution in [3.8, 4) is 5.75 Å². The Hall–Kier alpha value is -1.32. The summed E-state index contributed by atoms with van der Waals surface area (Å²) in [6.07, 6.45) is 0. The molecule has 2 nitrogen and oxygen atoms in total. The molecule has 0 aromatic heterocycles. The highest BCUT2D eigenvalue weighted by molar-refractivity contribution is 9.10. The van der Waals surface area contributed by atoms with Crippen LogP contribution < -0.4 is 10.5 Å². The monoisotopic (exact) mass is 333 g/mol. The fraction of sp³-hybridized carbons (Fsp3) is 0.294. The third-order valence-corrected chi connectivity index (χ3v) is 4.55. The van der Waals surface area contributed by atoms with Crippen LogP contribution in [0.5, 0.6) is 5.75 Å². The maximum absolute atomic E-state index is 6.45. The van der Waals surface area contributed by atoms with Crippen LogP contribution in [0.15, 0.2) is 34.8 Å². The summed E-state index contributed by atoms with van der Waals surface area (Å²) in [5.41, 5.74) is 12.1. The summed E-state index contributed by atoms with van der Waals surface area (Å²) in [5, 5.41) is 0. The summed E-state index contributed by atoms with van der Waals surface area (Å²) in [7, 11) is 1.70. The van der Waals surface area contributed by atoms with E-state index in [0.29, 0.717) is 0 Å². The molecule has 1 unspecified atom stereocenters.